The van der Waals surface area contributed by atoms with E-state index in [1.165, 1.54) is 17.0 Å². The van der Waals surface area contributed by atoms with Crippen molar-refractivity contribution in [2.45, 2.75) is 38.8 Å². The van der Waals surface area contributed by atoms with Crippen molar-refractivity contribution >= 4 is 11.8 Å². The fraction of sp³-hybridized carbons (Fsp3) is 0.500. The van der Waals surface area contributed by atoms with Crippen LogP contribution >= 0.6 is 0 Å². The van der Waals surface area contributed by atoms with Crippen LogP contribution in [0.15, 0.2) is 12.1 Å². The highest BCUT2D eigenvalue weighted by Crippen LogP contribution is 2.15. The Labute approximate surface area is 133 Å². The maximum atomic E-state index is 13.7. The van der Waals surface area contributed by atoms with Crippen LogP contribution in [0.2, 0.25) is 0 Å². The van der Waals surface area contributed by atoms with Gasteiger partial charge in [-0.1, -0.05) is 0 Å². The number of hydrogen-bond donors (Lipinski definition) is 2. The molecule has 1 aromatic rings. The first-order chi connectivity index (χ1) is 10.9. The highest BCUT2D eigenvalue weighted by molar-refractivity contribution is 5.87. The number of halogens is 2. The maximum Gasteiger partial charge on any atom is 0.251 e. The van der Waals surface area contributed by atoms with Crippen LogP contribution in [-0.4, -0.2) is 41.0 Å². The summed E-state index contributed by atoms with van der Waals surface area (Å²) in [5, 5.41) is 12.0. The molecule has 1 aliphatic rings. The van der Waals surface area contributed by atoms with Gasteiger partial charge in [0.1, 0.15) is 17.7 Å². The second kappa shape index (κ2) is 7.50. The Bertz CT molecular complexity index is 584. The Morgan fingerprint density at radius 2 is 2.00 bits per heavy atom. The minimum atomic E-state index is -1.09. The Morgan fingerprint density at radius 1 is 1.35 bits per heavy atom. The highest BCUT2D eigenvalue weighted by atomic mass is 19.1. The summed E-state index contributed by atoms with van der Waals surface area (Å²) in [5.41, 5.74) is 0.241. The number of carbonyl (C=O) groups is 2. The summed E-state index contributed by atoms with van der Waals surface area (Å²) in [4.78, 5) is 25.1. The van der Waals surface area contributed by atoms with Gasteiger partial charge in [-0.2, -0.15) is 0 Å². The molecule has 2 N–H and O–H groups in total. The predicted octanol–water partition coefficient (Wildman–Crippen LogP) is 1.26. The number of carbonyl (C=O) groups excluding carboxylic acids is 2. The Hall–Kier alpha value is -2.02. The number of hydrogen-bond acceptors (Lipinski definition) is 3. The number of benzene rings is 1. The zero-order chi connectivity index (χ0) is 17.0. The molecule has 5 nitrogen and oxygen atoms in total. The van der Waals surface area contributed by atoms with Gasteiger partial charge in [0.2, 0.25) is 5.91 Å². The second-order valence-corrected chi connectivity index (χ2v) is 5.76. The lowest BCUT2D eigenvalue weighted by Gasteiger charge is -2.21. The SMILES string of the molecule is Cc1cc(F)c(CNC(=O)CN2CCCCC(O)C2=O)c(F)c1. The molecule has 0 bridgehead atoms. The van der Waals surface area contributed by atoms with Gasteiger partial charge in [-0.3, -0.25) is 9.59 Å². The molecule has 7 heteroatoms. The van der Waals surface area contributed by atoms with E-state index < -0.39 is 29.6 Å². The third-order valence-electron chi connectivity index (χ3n) is 3.83. The summed E-state index contributed by atoms with van der Waals surface area (Å²) in [6.45, 7) is 1.44. The van der Waals surface area contributed by atoms with Crippen LogP contribution in [0, 0.1) is 18.6 Å². The molecular weight excluding hydrogens is 306 g/mol. The minimum absolute atomic E-state index is 0.217. The van der Waals surface area contributed by atoms with Crippen molar-refractivity contribution in [3.8, 4) is 0 Å². The van der Waals surface area contributed by atoms with E-state index in [0.717, 1.165) is 0 Å². The van der Waals surface area contributed by atoms with Crippen molar-refractivity contribution in [2.24, 2.45) is 0 Å². The van der Waals surface area contributed by atoms with E-state index in [9.17, 15) is 23.5 Å². The molecule has 2 amide bonds. The molecule has 1 saturated heterocycles. The molecule has 1 atom stereocenters. The van der Waals surface area contributed by atoms with Gasteiger partial charge >= 0.3 is 0 Å². The monoisotopic (exact) mass is 326 g/mol. The van der Waals surface area contributed by atoms with Gasteiger partial charge in [0.25, 0.3) is 5.91 Å². The Balaban J connectivity index is 1.94. The van der Waals surface area contributed by atoms with Crippen molar-refractivity contribution in [3.05, 3.63) is 34.9 Å². The van der Waals surface area contributed by atoms with Gasteiger partial charge in [-0.05, 0) is 43.9 Å². The third-order valence-corrected chi connectivity index (χ3v) is 3.83. The van der Waals surface area contributed by atoms with Crippen LogP contribution in [0.5, 0.6) is 0 Å². The number of rotatable bonds is 4. The van der Waals surface area contributed by atoms with E-state index in [1.807, 2.05) is 0 Å². The Morgan fingerprint density at radius 3 is 2.65 bits per heavy atom. The zero-order valence-corrected chi connectivity index (χ0v) is 12.9. The summed E-state index contributed by atoms with van der Waals surface area (Å²) >= 11 is 0. The fourth-order valence-corrected chi connectivity index (χ4v) is 2.56. The van der Waals surface area contributed by atoms with Crippen LogP contribution < -0.4 is 5.32 Å². The van der Waals surface area contributed by atoms with Gasteiger partial charge < -0.3 is 15.3 Å². The van der Waals surface area contributed by atoms with Gasteiger partial charge in [0.05, 0.1) is 6.54 Å². The summed E-state index contributed by atoms with van der Waals surface area (Å²) in [7, 11) is 0. The lowest BCUT2D eigenvalue weighted by Crippen LogP contribution is -2.44. The van der Waals surface area contributed by atoms with Gasteiger partial charge in [0, 0.05) is 18.7 Å². The van der Waals surface area contributed by atoms with E-state index in [4.69, 9.17) is 0 Å². The van der Waals surface area contributed by atoms with Crippen LogP contribution in [0.3, 0.4) is 0 Å². The maximum absolute atomic E-state index is 13.7. The van der Waals surface area contributed by atoms with Crippen molar-refractivity contribution in [3.63, 3.8) is 0 Å². The molecule has 0 aliphatic carbocycles. The zero-order valence-electron chi connectivity index (χ0n) is 12.9. The summed E-state index contributed by atoms with van der Waals surface area (Å²) in [6.07, 6.45) is 0.719. The topological polar surface area (TPSA) is 69.6 Å². The number of aliphatic hydroxyl groups is 1. The molecular formula is C16H20F2N2O3. The number of aryl methyl sites for hydroxylation is 1. The van der Waals surface area contributed by atoms with Crippen molar-refractivity contribution in [1.29, 1.82) is 0 Å². The van der Waals surface area contributed by atoms with Gasteiger partial charge in [-0.15, -0.1) is 0 Å². The van der Waals surface area contributed by atoms with E-state index >= 15 is 0 Å². The van der Waals surface area contributed by atoms with Crippen LogP contribution in [0.25, 0.3) is 0 Å². The molecule has 0 aromatic heterocycles. The first-order valence-electron chi connectivity index (χ1n) is 7.56. The average molecular weight is 326 g/mol. The van der Waals surface area contributed by atoms with E-state index in [-0.39, 0.29) is 18.7 Å². The molecule has 126 valence electrons. The predicted molar refractivity (Wildman–Crippen MR) is 79.4 cm³/mol. The fourth-order valence-electron chi connectivity index (χ4n) is 2.56. The molecule has 1 aromatic carbocycles. The standard InChI is InChI=1S/C16H20F2N2O3/c1-10-6-12(17)11(13(18)7-10)8-19-15(22)9-20-5-3-2-4-14(21)16(20)23/h6-7,14,21H,2-5,8-9H2,1H3,(H,19,22). The molecule has 1 unspecified atom stereocenters. The molecule has 1 fully saturated rings. The molecule has 2 rings (SSSR count). The van der Waals surface area contributed by atoms with E-state index in [0.29, 0.717) is 31.4 Å². The molecule has 1 aliphatic heterocycles. The number of amides is 2. The molecule has 1 heterocycles. The first kappa shape index (κ1) is 17.3. The second-order valence-electron chi connectivity index (χ2n) is 5.76. The summed E-state index contributed by atoms with van der Waals surface area (Å²) in [5.74, 6) is -2.44. The molecule has 0 spiro atoms. The van der Waals surface area contributed by atoms with E-state index in [2.05, 4.69) is 5.32 Å². The van der Waals surface area contributed by atoms with Crippen molar-refractivity contribution in [2.75, 3.05) is 13.1 Å². The van der Waals surface area contributed by atoms with Gasteiger partial charge in [-0.25, -0.2) is 8.78 Å². The normalized spacial score (nSPS) is 18.7. The van der Waals surface area contributed by atoms with Crippen molar-refractivity contribution < 1.29 is 23.5 Å². The molecule has 0 radical (unpaired) electrons. The van der Waals surface area contributed by atoms with Gasteiger partial charge in [0.15, 0.2) is 0 Å². The number of likely N-dealkylation sites (tertiary alicyclic amines) is 1. The number of aliphatic hydroxyl groups excluding tert-OH is 1. The molecule has 0 saturated carbocycles. The quantitative estimate of drug-likeness (QED) is 0.875. The smallest absolute Gasteiger partial charge is 0.251 e. The average Bonchev–Trinajstić information content (AvgIpc) is 2.62. The lowest BCUT2D eigenvalue weighted by molar-refractivity contribution is -0.142. The highest BCUT2D eigenvalue weighted by Gasteiger charge is 2.26. The van der Waals surface area contributed by atoms with Crippen LogP contribution in [0.1, 0.15) is 30.4 Å². The Kier molecular flexibility index (Phi) is 5.65. The first-order valence-corrected chi connectivity index (χ1v) is 7.56. The van der Waals surface area contributed by atoms with Crippen LogP contribution in [-0.2, 0) is 16.1 Å². The molecule has 23 heavy (non-hydrogen) atoms. The van der Waals surface area contributed by atoms with Crippen LogP contribution in [0.4, 0.5) is 8.78 Å². The summed E-state index contributed by atoms with van der Waals surface area (Å²) in [6, 6.07) is 2.39. The minimum Gasteiger partial charge on any atom is -0.383 e. The lowest BCUT2D eigenvalue weighted by atomic mass is 10.1. The number of nitrogens with zero attached hydrogens (tertiary/aromatic N) is 1. The third kappa shape index (κ3) is 4.48. The largest absolute Gasteiger partial charge is 0.383 e. The van der Waals surface area contributed by atoms with Crippen molar-refractivity contribution in [1.82, 2.24) is 10.2 Å². The number of nitrogens with one attached hydrogen (secondary N) is 1. The van der Waals surface area contributed by atoms with E-state index in [1.54, 1.807) is 6.92 Å². The summed E-state index contributed by atoms with van der Waals surface area (Å²) < 4.78 is 27.4.